The monoisotopic (exact) mass is 379 g/mol. The highest BCUT2D eigenvalue weighted by atomic mass is 35.5. The predicted octanol–water partition coefficient (Wildman–Crippen LogP) is 5.11. The molecule has 0 radical (unpaired) electrons. The summed E-state index contributed by atoms with van der Waals surface area (Å²) < 4.78 is 39.7. The number of hydrogen-bond donors (Lipinski definition) is 1. The Morgan fingerprint density at radius 1 is 1.12 bits per heavy atom. The van der Waals surface area contributed by atoms with Gasteiger partial charge in [0.2, 0.25) is 0 Å². The topological polar surface area (TPSA) is 46.9 Å². The number of nitrogens with zero attached hydrogens (tertiary/aromatic N) is 2. The van der Waals surface area contributed by atoms with E-state index in [0.29, 0.717) is 11.5 Å². The van der Waals surface area contributed by atoms with Crippen molar-refractivity contribution in [1.29, 1.82) is 0 Å². The normalized spacial score (nSPS) is 11.4. The molecule has 0 aliphatic carbocycles. The van der Waals surface area contributed by atoms with Crippen molar-refractivity contribution in [2.75, 3.05) is 5.32 Å². The molecule has 3 rings (SSSR count). The Morgan fingerprint density at radius 3 is 2.42 bits per heavy atom. The summed E-state index contributed by atoms with van der Waals surface area (Å²) in [6.07, 6.45) is -4.53. The summed E-state index contributed by atoms with van der Waals surface area (Å²) in [5.74, 6) is -0.240. The summed E-state index contributed by atoms with van der Waals surface area (Å²) in [6.45, 7) is 1.76. The molecule has 0 saturated heterocycles. The van der Waals surface area contributed by atoms with E-state index in [1.165, 1.54) is 4.68 Å². The average molecular weight is 380 g/mol. The van der Waals surface area contributed by atoms with E-state index in [1.807, 2.05) is 30.3 Å². The van der Waals surface area contributed by atoms with Crippen molar-refractivity contribution < 1.29 is 18.0 Å². The number of anilines is 1. The van der Waals surface area contributed by atoms with Crippen LogP contribution in [0.25, 0.3) is 5.69 Å². The minimum absolute atomic E-state index is 0.0573. The molecular weight excluding hydrogens is 367 g/mol. The summed E-state index contributed by atoms with van der Waals surface area (Å²) in [5.41, 5.74) is 0.430. The van der Waals surface area contributed by atoms with Crippen LogP contribution in [0.4, 0.5) is 19.0 Å². The lowest BCUT2D eigenvalue weighted by Crippen LogP contribution is -2.16. The molecule has 4 nitrogen and oxygen atoms in total. The van der Waals surface area contributed by atoms with Crippen molar-refractivity contribution in [3.05, 3.63) is 76.4 Å². The van der Waals surface area contributed by atoms with E-state index in [4.69, 9.17) is 11.6 Å². The van der Waals surface area contributed by atoms with Gasteiger partial charge in [0.25, 0.3) is 5.91 Å². The summed E-state index contributed by atoms with van der Waals surface area (Å²) in [6, 6.07) is 13.4. The Labute approximate surface area is 152 Å². The first-order valence-corrected chi connectivity index (χ1v) is 7.93. The number of aryl methyl sites for hydroxylation is 1. The first kappa shape index (κ1) is 18.0. The molecule has 0 atom stereocenters. The molecule has 1 aromatic heterocycles. The fourth-order valence-corrected chi connectivity index (χ4v) is 2.68. The van der Waals surface area contributed by atoms with Crippen molar-refractivity contribution in [3.63, 3.8) is 0 Å². The minimum Gasteiger partial charge on any atom is -0.306 e. The average Bonchev–Trinajstić information content (AvgIpc) is 2.95. The maximum Gasteiger partial charge on any atom is 0.416 e. The van der Waals surface area contributed by atoms with Crippen molar-refractivity contribution >= 4 is 23.3 Å². The maximum atomic E-state index is 12.7. The van der Waals surface area contributed by atoms with E-state index in [0.717, 1.165) is 23.9 Å². The van der Waals surface area contributed by atoms with Crippen molar-refractivity contribution in [1.82, 2.24) is 9.78 Å². The molecule has 26 heavy (non-hydrogen) atoms. The number of aromatic nitrogens is 2. The van der Waals surface area contributed by atoms with E-state index in [1.54, 1.807) is 13.0 Å². The maximum absolute atomic E-state index is 12.7. The lowest BCUT2D eigenvalue weighted by Gasteiger charge is -2.11. The number of hydrogen-bond acceptors (Lipinski definition) is 2. The third kappa shape index (κ3) is 3.72. The first-order chi connectivity index (χ1) is 12.3. The number of rotatable bonds is 3. The molecule has 1 amide bonds. The summed E-state index contributed by atoms with van der Waals surface area (Å²) in [5, 5.41) is 6.68. The highest BCUT2D eigenvalue weighted by Gasteiger charge is 2.31. The molecule has 0 unspecified atom stereocenters. The van der Waals surface area contributed by atoms with Gasteiger partial charge in [-0.15, -0.1) is 0 Å². The van der Waals surface area contributed by atoms with E-state index in [9.17, 15) is 18.0 Å². The van der Waals surface area contributed by atoms with Gasteiger partial charge in [-0.3, -0.25) is 4.79 Å². The number of carbonyl (C=O) groups is 1. The van der Waals surface area contributed by atoms with Gasteiger partial charge >= 0.3 is 6.18 Å². The lowest BCUT2D eigenvalue weighted by atomic mass is 10.1. The molecule has 1 heterocycles. The zero-order valence-corrected chi connectivity index (χ0v) is 14.3. The minimum atomic E-state index is -4.53. The van der Waals surface area contributed by atoms with Gasteiger partial charge < -0.3 is 5.32 Å². The second-order valence-electron chi connectivity index (χ2n) is 5.56. The number of amides is 1. The zero-order chi connectivity index (χ0) is 18.9. The molecule has 0 spiro atoms. The van der Waals surface area contributed by atoms with Crippen LogP contribution >= 0.6 is 11.6 Å². The van der Waals surface area contributed by atoms with Crippen molar-refractivity contribution in [2.24, 2.45) is 0 Å². The smallest absolute Gasteiger partial charge is 0.306 e. The van der Waals surface area contributed by atoms with Gasteiger partial charge in [0, 0.05) is 6.07 Å². The highest BCUT2D eigenvalue weighted by molar-refractivity contribution is 6.34. The molecule has 1 N–H and O–H groups in total. The fourth-order valence-electron chi connectivity index (χ4n) is 2.41. The first-order valence-electron chi connectivity index (χ1n) is 7.56. The van der Waals surface area contributed by atoms with Gasteiger partial charge in [-0.25, -0.2) is 4.68 Å². The molecular formula is C18H13ClF3N3O. The molecule has 0 fully saturated rings. The van der Waals surface area contributed by atoms with Gasteiger partial charge in [-0.1, -0.05) is 29.8 Å². The van der Waals surface area contributed by atoms with Gasteiger partial charge in [0.1, 0.15) is 5.82 Å². The number of para-hydroxylation sites is 1. The Hall–Kier alpha value is -2.80. The molecule has 3 aromatic rings. The van der Waals surface area contributed by atoms with Crippen molar-refractivity contribution in [3.8, 4) is 5.69 Å². The second-order valence-corrected chi connectivity index (χ2v) is 5.97. The predicted molar refractivity (Wildman–Crippen MR) is 92.7 cm³/mol. The third-order valence-electron chi connectivity index (χ3n) is 3.61. The number of alkyl halides is 3. The Balaban J connectivity index is 1.90. The summed E-state index contributed by atoms with van der Waals surface area (Å²) in [4.78, 5) is 12.5. The molecule has 0 saturated carbocycles. The molecule has 0 aliphatic heterocycles. The SMILES string of the molecule is Cc1cc(NC(=O)c2ccc(C(F)(F)F)cc2Cl)n(-c2ccccc2)n1. The van der Waals surface area contributed by atoms with E-state index in [2.05, 4.69) is 10.4 Å². The number of carbonyl (C=O) groups excluding carboxylic acids is 1. The molecule has 0 bridgehead atoms. The van der Waals surface area contributed by atoms with Crippen LogP contribution in [0.15, 0.2) is 54.6 Å². The summed E-state index contributed by atoms with van der Waals surface area (Å²) >= 11 is 5.88. The van der Waals surface area contributed by atoms with Gasteiger partial charge in [0.05, 0.1) is 27.5 Å². The second kappa shape index (κ2) is 6.84. The lowest BCUT2D eigenvalue weighted by molar-refractivity contribution is -0.137. The van der Waals surface area contributed by atoms with Crippen LogP contribution in [0.2, 0.25) is 5.02 Å². The Bertz CT molecular complexity index is 952. The molecule has 134 valence electrons. The Morgan fingerprint density at radius 2 is 1.81 bits per heavy atom. The van der Waals surface area contributed by atoms with Crippen LogP contribution in [0.3, 0.4) is 0 Å². The van der Waals surface area contributed by atoms with Crippen LogP contribution in [0, 0.1) is 6.92 Å². The van der Waals surface area contributed by atoms with Crippen LogP contribution in [-0.4, -0.2) is 15.7 Å². The van der Waals surface area contributed by atoms with Crippen LogP contribution in [0.5, 0.6) is 0 Å². The largest absolute Gasteiger partial charge is 0.416 e. The van der Waals surface area contributed by atoms with Crippen molar-refractivity contribution in [2.45, 2.75) is 13.1 Å². The Kier molecular flexibility index (Phi) is 4.73. The number of nitrogens with one attached hydrogen (secondary N) is 1. The molecule has 2 aromatic carbocycles. The van der Waals surface area contributed by atoms with Gasteiger partial charge in [-0.2, -0.15) is 18.3 Å². The van der Waals surface area contributed by atoms with E-state index >= 15 is 0 Å². The number of benzene rings is 2. The molecule has 8 heteroatoms. The third-order valence-corrected chi connectivity index (χ3v) is 3.93. The molecule has 0 aliphatic rings. The summed E-state index contributed by atoms with van der Waals surface area (Å²) in [7, 11) is 0. The fraction of sp³-hybridized carbons (Fsp3) is 0.111. The van der Waals surface area contributed by atoms with Gasteiger partial charge in [-0.05, 0) is 37.3 Å². The van der Waals surface area contributed by atoms with Crippen LogP contribution < -0.4 is 5.32 Å². The number of halogens is 4. The van der Waals surface area contributed by atoms with Crippen LogP contribution in [-0.2, 0) is 6.18 Å². The highest BCUT2D eigenvalue weighted by Crippen LogP contribution is 2.32. The van der Waals surface area contributed by atoms with E-state index < -0.39 is 17.6 Å². The van der Waals surface area contributed by atoms with E-state index in [-0.39, 0.29) is 10.6 Å². The van der Waals surface area contributed by atoms with Gasteiger partial charge in [0.15, 0.2) is 0 Å². The van der Waals surface area contributed by atoms with Crippen LogP contribution in [0.1, 0.15) is 21.6 Å². The zero-order valence-electron chi connectivity index (χ0n) is 13.5. The quantitative estimate of drug-likeness (QED) is 0.687. The standard InChI is InChI=1S/C18H13ClF3N3O/c1-11-9-16(25(24-11)13-5-3-2-4-6-13)23-17(26)14-8-7-12(10-15(14)19)18(20,21)22/h2-10H,1H3,(H,23,26).